The Balaban J connectivity index is 0.997. The van der Waals surface area contributed by atoms with E-state index in [0.29, 0.717) is 23.7 Å². The van der Waals surface area contributed by atoms with Crippen LogP contribution >= 0.6 is 0 Å². The topological polar surface area (TPSA) is 58.9 Å². The van der Waals surface area contributed by atoms with Gasteiger partial charge in [-0.25, -0.2) is 4.99 Å². The third-order valence-electron chi connectivity index (χ3n) is 12.8. The predicted molar refractivity (Wildman–Crippen MR) is 242 cm³/mol. The molecular weight excluding hydrogens is 707 g/mol. The monoisotopic (exact) mass is 751 g/mol. The fraction of sp³-hybridized carbons (Fsp3) is 0.170. The largest absolute Gasteiger partial charge is 0.383 e. The van der Waals surface area contributed by atoms with Crippen LogP contribution in [0.25, 0.3) is 32.9 Å². The molecule has 1 saturated carbocycles. The van der Waals surface area contributed by atoms with Gasteiger partial charge < -0.3 is 15.2 Å². The van der Waals surface area contributed by atoms with E-state index < -0.39 is 0 Å². The number of nitrogens with zero attached hydrogens (tertiary/aromatic N) is 4. The molecule has 5 atom stereocenters. The summed E-state index contributed by atoms with van der Waals surface area (Å²) in [5, 5.41) is 2.64. The Labute approximate surface area is 340 Å². The normalized spacial score (nSPS) is 23.6. The van der Waals surface area contributed by atoms with Crippen molar-refractivity contribution >= 4 is 44.9 Å². The second-order valence-electron chi connectivity index (χ2n) is 16.2. The van der Waals surface area contributed by atoms with Gasteiger partial charge in [-0.3, -0.25) is 4.99 Å². The van der Waals surface area contributed by atoms with Crippen LogP contribution in [-0.2, 0) is 0 Å². The van der Waals surface area contributed by atoms with Gasteiger partial charge in [-0.2, -0.15) is 0 Å². The van der Waals surface area contributed by atoms with Crippen LogP contribution in [0.2, 0.25) is 0 Å². The Morgan fingerprint density at radius 1 is 0.724 bits per heavy atom. The van der Waals surface area contributed by atoms with Gasteiger partial charge in [0.15, 0.2) is 0 Å². The minimum atomic E-state index is -0.0495. The summed E-state index contributed by atoms with van der Waals surface area (Å²) in [6, 6.07) is 42.3. The molecule has 1 fully saturated rings. The molecule has 0 radical (unpaired) electrons. The van der Waals surface area contributed by atoms with E-state index in [1.54, 1.807) is 0 Å². The van der Waals surface area contributed by atoms with Crippen molar-refractivity contribution in [1.82, 2.24) is 4.57 Å². The molecule has 5 nitrogen and oxygen atoms in total. The number of benzene rings is 5. The molecule has 11 rings (SSSR count). The average Bonchev–Trinajstić information content (AvgIpc) is 3.76. The van der Waals surface area contributed by atoms with E-state index in [1.165, 1.54) is 49.9 Å². The predicted octanol–water partition coefficient (Wildman–Crippen LogP) is 12.5. The molecule has 4 aliphatic carbocycles. The summed E-state index contributed by atoms with van der Waals surface area (Å²) in [6.45, 7) is 2.12. The van der Waals surface area contributed by atoms with Crippen molar-refractivity contribution in [2.75, 3.05) is 4.90 Å². The molecule has 2 N–H and O–H groups in total. The maximum atomic E-state index is 6.95. The van der Waals surface area contributed by atoms with Crippen LogP contribution in [-0.4, -0.2) is 16.2 Å². The molecule has 0 spiro atoms. The molecule has 6 aromatic rings. The first kappa shape index (κ1) is 34.5. The second kappa shape index (κ2) is 14.0. The standard InChI is InChI=1S/C53H45N5/c1-34(35-16-4-2-5-17-35)55-53(36-18-6-3-7-19-36)56-52(54)38-20-14-21-39(32-38)57-46-27-12-10-22-41(46)42-31-30-37(33-49(42)57)40-26-15-29-48-50(40)45-25-11-13-28-47(45)58(48)51-43-23-8-9-24-44(43)51/h2-18,20-21,23-34,36,41,43-44,51H,19,22H2,1H3,(H2,54,55,56). The smallest absolute Gasteiger partial charge is 0.133 e. The van der Waals surface area contributed by atoms with Crippen LogP contribution < -0.4 is 10.6 Å². The van der Waals surface area contributed by atoms with Gasteiger partial charge in [-0.15, -0.1) is 0 Å². The Kier molecular flexibility index (Phi) is 8.35. The highest BCUT2D eigenvalue weighted by atomic mass is 15.2. The molecule has 5 aromatic carbocycles. The number of aromatic nitrogens is 1. The number of hydrogen-bond donors (Lipinski definition) is 1. The molecule has 0 amide bonds. The lowest BCUT2D eigenvalue weighted by Gasteiger charge is -2.25. The van der Waals surface area contributed by atoms with Crippen LogP contribution in [0.3, 0.4) is 0 Å². The zero-order valence-electron chi connectivity index (χ0n) is 32.6. The number of aliphatic imine (C=N–C) groups is 2. The van der Waals surface area contributed by atoms with Gasteiger partial charge >= 0.3 is 0 Å². The van der Waals surface area contributed by atoms with Crippen LogP contribution in [0.1, 0.15) is 54.5 Å². The van der Waals surface area contributed by atoms with Crippen LogP contribution in [0.5, 0.6) is 0 Å². The third kappa shape index (κ3) is 5.75. The summed E-state index contributed by atoms with van der Waals surface area (Å²) in [7, 11) is 0. The van der Waals surface area contributed by atoms with Gasteiger partial charge in [0, 0.05) is 63.0 Å². The number of para-hydroxylation sites is 1. The number of hydrogen-bond acceptors (Lipinski definition) is 2. The van der Waals surface area contributed by atoms with E-state index in [0.717, 1.165) is 35.5 Å². The zero-order valence-corrected chi connectivity index (χ0v) is 32.6. The summed E-state index contributed by atoms with van der Waals surface area (Å²) in [5.41, 5.74) is 19.0. The van der Waals surface area contributed by atoms with E-state index in [2.05, 4.69) is 192 Å². The Bertz CT molecular complexity index is 2840. The molecule has 1 aliphatic heterocycles. The first-order valence-corrected chi connectivity index (χ1v) is 20.7. The van der Waals surface area contributed by atoms with Crippen molar-refractivity contribution in [2.24, 2.45) is 33.5 Å². The molecule has 0 bridgehead atoms. The van der Waals surface area contributed by atoms with Gasteiger partial charge in [0.1, 0.15) is 11.7 Å². The molecule has 5 heteroatoms. The molecule has 282 valence electrons. The Morgan fingerprint density at radius 2 is 1.50 bits per heavy atom. The quantitative estimate of drug-likeness (QED) is 0.130. The number of amidine groups is 2. The highest BCUT2D eigenvalue weighted by Crippen LogP contribution is 2.57. The second-order valence-corrected chi connectivity index (χ2v) is 16.2. The SMILES string of the molecule is CC(N=C(N=C(N)c1cccc(N2C3=CC=CCC3c3ccc(-c4cccc5c4c4ccccc4n5C4C5C=CC=CC54)cc32)c1)C1C=CC=CC1)c1ccccc1. The highest BCUT2D eigenvalue weighted by molar-refractivity contribution is 6.15. The van der Waals surface area contributed by atoms with Gasteiger partial charge in [-0.05, 0) is 78.4 Å². The Morgan fingerprint density at radius 3 is 2.34 bits per heavy atom. The highest BCUT2D eigenvalue weighted by Gasteiger charge is 2.49. The van der Waals surface area contributed by atoms with Crippen LogP contribution in [0, 0.1) is 17.8 Å². The first-order valence-electron chi connectivity index (χ1n) is 20.7. The number of nitrogens with two attached hydrogens (primary N) is 1. The number of fused-ring (bicyclic) bond motifs is 7. The summed E-state index contributed by atoms with van der Waals surface area (Å²) in [6.07, 6.45) is 26.3. The number of anilines is 2. The lowest BCUT2D eigenvalue weighted by atomic mass is 9.90. The third-order valence-corrected chi connectivity index (χ3v) is 12.8. The van der Waals surface area contributed by atoms with Crippen LogP contribution in [0.15, 0.2) is 198 Å². The minimum Gasteiger partial charge on any atom is -0.383 e. The molecular formula is C53H45N5. The molecule has 1 aromatic heterocycles. The van der Waals surface area contributed by atoms with E-state index in [9.17, 15) is 0 Å². The lowest BCUT2D eigenvalue weighted by molar-refractivity contribution is 0.747. The number of allylic oxidation sites excluding steroid dienone is 11. The zero-order chi connectivity index (χ0) is 38.7. The van der Waals surface area contributed by atoms with Crippen molar-refractivity contribution in [3.8, 4) is 11.1 Å². The van der Waals surface area contributed by atoms with Crippen molar-refractivity contribution in [3.05, 3.63) is 204 Å². The summed E-state index contributed by atoms with van der Waals surface area (Å²) in [5.74, 6) is 2.67. The van der Waals surface area contributed by atoms with Crippen molar-refractivity contribution in [2.45, 2.75) is 37.8 Å². The van der Waals surface area contributed by atoms with E-state index in [4.69, 9.17) is 15.7 Å². The Hall–Kier alpha value is -6.72. The fourth-order valence-electron chi connectivity index (χ4n) is 9.90. The molecule has 58 heavy (non-hydrogen) atoms. The fourth-order valence-corrected chi connectivity index (χ4v) is 9.90. The summed E-state index contributed by atoms with van der Waals surface area (Å²) < 4.78 is 2.62. The minimum absolute atomic E-state index is 0.0495. The van der Waals surface area contributed by atoms with Gasteiger partial charge in [0.25, 0.3) is 0 Å². The molecule has 5 aliphatic rings. The van der Waals surface area contributed by atoms with Crippen LogP contribution in [0.4, 0.5) is 11.4 Å². The van der Waals surface area contributed by atoms with E-state index in [-0.39, 0.29) is 17.9 Å². The number of rotatable bonds is 7. The van der Waals surface area contributed by atoms with Gasteiger partial charge in [0.05, 0.1) is 17.2 Å². The summed E-state index contributed by atoms with van der Waals surface area (Å²) in [4.78, 5) is 12.7. The summed E-state index contributed by atoms with van der Waals surface area (Å²) >= 11 is 0. The molecule has 0 saturated heterocycles. The van der Waals surface area contributed by atoms with Crippen molar-refractivity contribution in [1.29, 1.82) is 0 Å². The molecule has 2 heterocycles. The van der Waals surface area contributed by atoms with E-state index in [1.807, 2.05) is 6.07 Å². The lowest BCUT2D eigenvalue weighted by Crippen LogP contribution is -2.21. The van der Waals surface area contributed by atoms with Gasteiger partial charge in [0.2, 0.25) is 0 Å². The van der Waals surface area contributed by atoms with Crippen molar-refractivity contribution < 1.29 is 0 Å². The maximum absolute atomic E-state index is 6.95. The molecule has 5 unspecified atom stereocenters. The maximum Gasteiger partial charge on any atom is 0.133 e. The van der Waals surface area contributed by atoms with Crippen molar-refractivity contribution in [3.63, 3.8) is 0 Å². The average molecular weight is 752 g/mol. The van der Waals surface area contributed by atoms with Gasteiger partial charge in [-0.1, -0.05) is 146 Å². The first-order chi connectivity index (χ1) is 28.6. The van der Waals surface area contributed by atoms with E-state index >= 15 is 0 Å².